The summed E-state index contributed by atoms with van der Waals surface area (Å²) in [4.78, 5) is 0. The van der Waals surface area contributed by atoms with Gasteiger partial charge < -0.3 is 5.32 Å². The van der Waals surface area contributed by atoms with Gasteiger partial charge in [-0.3, -0.25) is 5.10 Å². The van der Waals surface area contributed by atoms with E-state index < -0.39 is 10.0 Å². The third kappa shape index (κ3) is 3.91. The summed E-state index contributed by atoms with van der Waals surface area (Å²) in [7, 11) is -1.76. The minimum absolute atomic E-state index is 0.109. The largest absolute Gasteiger partial charge is 0.316 e. The van der Waals surface area contributed by atoms with E-state index in [0.717, 1.165) is 23.0 Å². The molecule has 0 aromatic carbocycles. The van der Waals surface area contributed by atoms with Crippen molar-refractivity contribution in [1.82, 2.24) is 20.2 Å². The number of sulfonamides is 1. The van der Waals surface area contributed by atoms with Gasteiger partial charge in [0, 0.05) is 46.9 Å². The van der Waals surface area contributed by atoms with Crippen LogP contribution in [0.25, 0.3) is 0 Å². The van der Waals surface area contributed by atoms with Gasteiger partial charge in [0.15, 0.2) is 5.03 Å². The van der Waals surface area contributed by atoms with Crippen molar-refractivity contribution in [2.45, 2.75) is 23.7 Å². The van der Waals surface area contributed by atoms with Gasteiger partial charge in [0.2, 0.25) is 0 Å². The lowest BCUT2D eigenvalue weighted by molar-refractivity contribution is 0.575. The van der Waals surface area contributed by atoms with Gasteiger partial charge in [0.1, 0.15) is 0 Å². The van der Waals surface area contributed by atoms with Crippen LogP contribution in [-0.4, -0.2) is 54.7 Å². The predicted molar refractivity (Wildman–Crippen MR) is 84.8 cm³/mol. The lowest BCUT2D eigenvalue weighted by Crippen LogP contribution is -2.34. The first-order valence-electron chi connectivity index (χ1n) is 6.42. The van der Waals surface area contributed by atoms with Gasteiger partial charge in [0.05, 0.1) is 0 Å². The molecule has 20 heavy (non-hydrogen) atoms. The molecule has 0 bridgehead atoms. The fourth-order valence-corrected chi connectivity index (χ4v) is 5.95. The standard InChI is InChI=1S/C11H20N4O2S3/c1-8-10(6-12-2)11(15-14-8)20(16,17)13-5-9-7-18-3-4-19-9/h9,12-13H,3-7H2,1-2H3,(H,14,15). The maximum Gasteiger partial charge on any atom is 0.260 e. The average Bonchev–Trinajstić information content (AvgIpc) is 2.81. The van der Waals surface area contributed by atoms with E-state index >= 15 is 0 Å². The summed E-state index contributed by atoms with van der Waals surface area (Å²) < 4.78 is 27.4. The third-order valence-electron chi connectivity index (χ3n) is 3.03. The second-order valence-corrected chi connectivity index (χ2v) is 8.82. The summed E-state index contributed by atoms with van der Waals surface area (Å²) in [6.07, 6.45) is 0. The molecular formula is C11H20N4O2S3. The van der Waals surface area contributed by atoms with Crippen molar-refractivity contribution in [1.29, 1.82) is 0 Å². The smallest absolute Gasteiger partial charge is 0.260 e. The Kier molecular flexibility index (Phi) is 5.79. The van der Waals surface area contributed by atoms with E-state index in [9.17, 15) is 8.42 Å². The maximum absolute atomic E-state index is 12.3. The molecule has 2 rings (SSSR count). The van der Waals surface area contributed by atoms with Gasteiger partial charge in [0.25, 0.3) is 10.0 Å². The first-order valence-corrected chi connectivity index (χ1v) is 10.1. The zero-order valence-corrected chi connectivity index (χ0v) is 14.1. The van der Waals surface area contributed by atoms with Crippen LogP contribution in [0, 0.1) is 6.92 Å². The molecule has 1 unspecified atom stereocenters. The molecule has 0 spiro atoms. The first kappa shape index (κ1) is 16.2. The van der Waals surface area contributed by atoms with Crippen LogP contribution in [0.5, 0.6) is 0 Å². The number of rotatable bonds is 6. The normalized spacial score (nSPS) is 20.2. The van der Waals surface area contributed by atoms with Gasteiger partial charge in [-0.05, 0) is 14.0 Å². The molecule has 9 heteroatoms. The molecule has 1 aromatic heterocycles. The third-order valence-corrected chi connectivity index (χ3v) is 7.27. The Hall–Kier alpha value is -0.220. The summed E-state index contributed by atoms with van der Waals surface area (Å²) in [5.74, 6) is 3.23. The number of aromatic amines is 1. The van der Waals surface area contributed by atoms with Crippen molar-refractivity contribution in [2.75, 3.05) is 30.9 Å². The van der Waals surface area contributed by atoms with Gasteiger partial charge in [-0.1, -0.05) is 0 Å². The molecule has 0 amide bonds. The number of aromatic nitrogens is 2. The molecule has 1 atom stereocenters. The van der Waals surface area contributed by atoms with Gasteiger partial charge in [-0.2, -0.15) is 28.6 Å². The zero-order chi connectivity index (χ0) is 14.6. The predicted octanol–water partition coefficient (Wildman–Crippen LogP) is 0.564. The van der Waals surface area contributed by atoms with Crippen molar-refractivity contribution >= 4 is 33.5 Å². The molecule has 1 fully saturated rings. The van der Waals surface area contributed by atoms with Gasteiger partial charge in [-0.25, -0.2) is 13.1 Å². The zero-order valence-electron chi connectivity index (χ0n) is 11.6. The van der Waals surface area contributed by atoms with Crippen LogP contribution >= 0.6 is 23.5 Å². The summed E-state index contributed by atoms with van der Waals surface area (Å²) in [5.41, 5.74) is 1.48. The molecule has 1 aliphatic heterocycles. The monoisotopic (exact) mass is 336 g/mol. The molecule has 0 radical (unpaired) electrons. The van der Waals surface area contributed by atoms with Crippen molar-refractivity contribution in [2.24, 2.45) is 0 Å². The fraction of sp³-hybridized carbons (Fsp3) is 0.727. The van der Waals surface area contributed by atoms with E-state index in [1.807, 2.05) is 30.4 Å². The van der Waals surface area contributed by atoms with Crippen molar-refractivity contribution in [3.05, 3.63) is 11.3 Å². The SMILES string of the molecule is CNCc1c(S(=O)(=O)NCC2CSCCS2)n[nH]c1C. The molecule has 1 aromatic rings. The van der Waals surface area contributed by atoms with Crippen molar-refractivity contribution < 1.29 is 8.42 Å². The van der Waals surface area contributed by atoms with Crippen LogP contribution in [0.1, 0.15) is 11.3 Å². The number of thioether (sulfide) groups is 2. The van der Waals surface area contributed by atoms with Crippen LogP contribution in [0.2, 0.25) is 0 Å². The molecule has 3 N–H and O–H groups in total. The highest BCUT2D eigenvalue weighted by atomic mass is 32.2. The summed E-state index contributed by atoms with van der Waals surface area (Å²) in [5, 5.41) is 10.1. The quantitative estimate of drug-likeness (QED) is 0.704. The average molecular weight is 337 g/mol. The number of aryl methyl sites for hydroxylation is 1. The van der Waals surface area contributed by atoms with E-state index in [1.54, 1.807) is 7.05 Å². The number of hydrogen-bond donors (Lipinski definition) is 3. The summed E-state index contributed by atoms with van der Waals surface area (Å²) in [6.45, 7) is 2.77. The number of nitrogens with one attached hydrogen (secondary N) is 3. The topological polar surface area (TPSA) is 86.9 Å². The van der Waals surface area contributed by atoms with Crippen LogP contribution in [-0.2, 0) is 16.6 Å². The van der Waals surface area contributed by atoms with Crippen LogP contribution in [0.15, 0.2) is 5.03 Å². The molecule has 6 nitrogen and oxygen atoms in total. The Balaban J connectivity index is 2.05. The Labute approximate surface area is 128 Å². The van der Waals surface area contributed by atoms with Gasteiger partial charge >= 0.3 is 0 Å². The molecule has 0 aliphatic carbocycles. The fourth-order valence-electron chi connectivity index (χ4n) is 1.96. The lowest BCUT2D eigenvalue weighted by atomic mass is 10.3. The molecule has 114 valence electrons. The van der Waals surface area contributed by atoms with Crippen LogP contribution in [0.3, 0.4) is 0 Å². The van der Waals surface area contributed by atoms with Crippen molar-refractivity contribution in [3.8, 4) is 0 Å². The highest BCUT2D eigenvalue weighted by Crippen LogP contribution is 2.24. The second kappa shape index (κ2) is 7.17. The first-order chi connectivity index (χ1) is 9.54. The van der Waals surface area contributed by atoms with Crippen molar-refractivity contribution in [3.63, 3.8) is 0 Å². The van der Waals surface area contributed by atoms with E-state index in [2.05, 4.69) is 20.2 Å². The summed E-state index contributed by atoms with van der Waals surface area (Å²) in [6, 6.07) is 0. The Morgan fingerprint density at radius 3 is 2.90 bits per heavy atom. The van der Waals surface area contributed by atoms with E-state index in [1.165, 1.54) is 0 Å². The molecule has 0 saturated carbocycles. The maximum atomic E-state index is 12.3. The second-order valence-electron chi connectivity index (χ2n) is 4.58. The van der Waals surface area contributed by atoms with Crippen LogP contribution < -0.4 is 10.0 Å². The molecule has 2 heterocycles. The number of H-pyrrole nitrogens is 1. The highest BCUT2D eigenvalue weighted by molar-refractivity contribution is 8.06. The van der Waals surface area contributed by atoms with Crippen LogP contribution in [0.4, 0.5) is 0 Å². The lowest BCUT2D eigenvalue weighted by Gasteiger charge is -2.20. The van der Waals surface area contributed by atoms with E-state index in [-0.39, 0.29) is 5.03 Å². The minimum atomic E-state index is -3.55. The van der Waals surface area contributed by atoms with E-state index in [4.69, 9.17) is 0 Å². The van der Waals surface area contributed by atoms with Gasteiger partial charge in [-0.15, -0.1) is 0 Å². The highest BCUT2D eigenvalue weighted by Gasteiger charge is 2.25. The Morgan fingerprint density at radius 2 is 2.25 bits per heavy atom. The molecule has 1 aliphatic rings. The minimum Gasteiger partial charge on any atom is -0.316 e. The molecule has 1 saturated heterocycles. The number of hydrogen-bond acceptors (Lipinski definition) is 6. The Bertz CT molecular complexity index is 538. The summed E-state index contributed by atoms with van der Waals surface area (Å²) >= 11 is 3.71. The molecular weight excluding hydrogens is 316 g/mol. The Morgan fingerprint density at radius 1 is 1.45 bits per heavy atom. The van der Waals surface area contributed by atoms with E-state index in [0.29, 0.717) is 23.9 Å². The number of nitrogens with zero attached hydrogens (tertiary/aromatic N) is 1.